The minimum Gasteiger partial charge on any atom is -0.480 e. The summed E-state index contributed by atoms with van der Waals surface area (Å²) in [4.78, 5) is 10.3. The fourth-order valence-electron chi connectivity index (χ4n) is 0.820. The number of nitrogens with one attached hydrogen (secondary N) is 1. The number of hydrogen-bond donors (Lipinski definition) is 2. The van der Waals surface area contributed by atoms with Gasteiger partial charge in [-0.2, -0.15) is 0 Å². The summed E-state index contributed by atoms with van der Waals surface area (Å²) < 4.78 is 0. The molecule has 3 nitrogen and oxygen atoms in total. The standard InChI is InChI=1S/C5H9NO2S/c1-3-4(5(7)8)6-2-9-3/h3-4,6H,2H2,1H3,(H,7,8)/t3-,4?/m0/s1. The zero-order valence-corrected chi connectivity index (χ0v) is 5.94. The lowest BCUT2D eigenvalue weighted by atomic mass is 10.2. The Bertz CT molecular complexity index is 128. The SMILES string of the molecule is C[C@@H]1SCNC1C(=O)O. The van der Waals surface area contributed by atoms with Crippen LogP contribution in [0.25, 0.3) is 0 Å². The van der Waals surface area contributed by atoms with Crippen molar-refractivity contribution in [1.29, 1.82) is 0 Å². The molecule has 1 unspecified atom stereocenters. The first kappa shape index (κ1) is 6.89. The summed E-state index contributed by atoms with van der Waals surface area (Å²) >= 11 is 1.64. The van der Waals surface area contributed by atoms with Gasteiger partial charge in [-0.15, -0.1) is 11.8 Å². The summed E-state index contributed by atoms with van der Waals surface area (Å²) in [5, 5.41) is 11.6. The van der Waals surface area contributed by atoms with Gasteiger partial charge in [-0.25, -0.2) is 0 Å². The molecule has 0 radical (unpaired) electrons. The molecule has 0 aromatic rings. The molecule has 0 aromatic heterocycles. The molecule has 1 heterocycles. The maximum absolute atomic E-state index is 10.3. The molecule has 1 saturated heterocycles. The van der Waals surface area contributed by atoms with Crippen LogP contribution in [-0.2, 0) is 4.79 Å². The van der Waals surface area contributed by atoms with Crippen molar-refractivity contribution in [2.75, 3.05) is 5.88 Å². The summed E-state index contributed by atoms with van der Waals surface area (Å²) in [6.07, 6.45) is 0. The van der Waals surface area contributed by atoms with Gasteiger partial charge in [-0.1, -0.05) is 6.92 Å². The van der Waals surface area contributed by atoms with E-state index in [9.17, 15) is 4.79 Å². The summed E-state index contributed by atoms with van der Waals surface area (Å²) in [5.74, 6) is 0.0190. The van der Waals surface area contributed by atoms with Crippen LogP contribution in [0.1, 0.15) is 6.92 Å². The quantitative estimate of drug-likeness (QED) is 0.553. The molecule has 52 valence electrons. The third kappa shape index (κ3) is 1.37. The van der Waals surface area contributed by atoms with Crippen LogP contribution in [0.15, 0.2) is 0 Å². The Morgan fingerprint density at radius 2 is 2.56 bits per heavy atom. The number of carboxylic acids is 1. The van der Waals surface area contributed by atoms with Crippen LogP contribution in [0.2, 0.25) is 0 Å². The summed E-state index contributed by atoms with van der Waals surface area (Å²) in [6.45, 7) is 1.92. The van der Waals surface area contributed by atoms with Gasteiger partial charge in [0.05, 0.1) is 0 Å². The maximum atomic E-state index is 10.3. The fraction of sp³-hybridized carbons (Fsp3) is 0.800. The Morgan fingerprint density at radius 3 is 2.78 bits per heavy atom. The van der Waals surface area contributed by atoms with Crippen LogP contribution in [0.4, 0.5) is 0 Å². The first-order chi connectivity index (χ1) is 4.22. The highest BCUT2D eigenvalue weighted by Crippen LogP contribution is 2.19. The van der Waals surface area contributed by atoms with Gasteiger partial charge in [0.1, 0.15) is 6.04 Å². The van der Waals surface area contributed by atoms with Crippen molar-refractivity contribution in [3.8, 4) is 0 Å². The second kappa shape index (κ2) is 2.58. The molecule has 4 heteroatoms. The van der Waals surface area contributed by atoms with Gasteiger partial charge in [-0.05, 0) is 0 Å². The molecule has 0 bridgehead atoms. The Balaban J connectivity index is 2.49. The maximum Gasteiger partial charge on any atom is 0.321 e. The van der Waals surface area contributed by atoms with Crippen molar-refractivity contribution in [2.24, 2.45) is 0 Å². The van der Waals surface area contributed by atoms with E-state index in [1.54, 1.807) is 11.8 Å². The molecule has 0 aliphatic carbocycles. The van der Waals surface area contributed by atoms with E-state index >= 15 is 0 Å². The van der Waals surface area contributed by atoms with E-state index in [1.165, 1.54) is 0 Å². The molecule has 1 aliphatic heterocycles. The second-order valence-corrected chi connectivity index (χ2v) is 3.40. The van der Waals surface area contributed by atoms with E-state index in [1.807, 2.05) is 6.92 Å². The Morgan fingerprint density at radius 1 is 1.89 bits per heavy atom. The topological polar surface area (TPSA) is 49.3 Å². The highest BCUT2D eigenvalue weighted by atomic mass is 32.2. The van der Waals surface area contributed by atoms with Crippen molar-refractivity contribution in [2.45, 2.75) is 18.2 Å². The predicted molar refractivity (Wildman–Crippen MR) is 36.5 cm³/mol. The minimum atomic E-state index is -0.743. The van der Waals surface area contributed by atoms with Gasteiger partial charge in [0.25, 0.3) is 0 Å². The summed E-state index contributed by atoms with van der Waals surface area (Å²) in [7, 11) is 0. The zero-order chi connectivity index (χ0) is 6.85. The van der Waals surface area contributed by atoms with E-state index in [2.05, 4.69) is 5.32 Å². The number of thioether (sulfide) groups is 1. The first-order valence-corrected chi connectivity index (χ1v) is 3.84. The highest BCUT2D eigenvalue weighted by Gasteiger charge is 2.29. The monoisotopic (exact) mass is 147 g/mol. The van der Waals surface area contributed by atoms with Gasteiger partial charge in [0, 0.05) is 11.1 Å². The van der Waals surface area contributed by atoms with Crippen LogP contribution in [-0.4, -0.2) is 28.2 Å². The molecule has 2 N–H and O–H groups in total. The summed E-state index contributed by atoms with van der Waals surface area (Å²) in [5.41, 5.74) is 0. The molecule has 0 saturated carbocycles. The van der Waals surface area contributed by atoms with Crippen molar-refractivity contribution >= 4 is 17.7 Å². The van der Waals surface area contributed by atoms with Crippen LogP contribution >= 0.6 is 11.8 Å². The van der Waals surface area contributed by atoms with Gasteiger partial charge >= 0.3 is 5.97 Å². The smallest absolute Gasteiger partial charge is 0.321 e. The molecule has 1 rings (SSSR count). The van der Waals surface area contributed by atoms with Gasteiger partial charge in [-0.3, -0.25) is 10.1 Å². The minimum absolute atomic E-state index is 0.211. The molecule has 1 aliphatic rings. The van der Waals surface area contributed by atoms with Gasteiger partial charge in [0.15, 0.2) is 0 Å². The second-order valence-electron chi connectivity index (χ2n) is 2.04. The van der Waals surface area contributed by atoms with E-state index in [-0.39, 0.29) is 11.3 Å². The molecule has 0 spiro atoms. The van der Waals surface area contributed by atoms with E-state index in [0.29, 0.717) is 0 Å². The number of aliphatic carboxylic acids is 1. The van der Waals surface area contributed by atoms with Crippen LogP contribution < -0.4 is 5.32 Å². The Kier molecular flexibility index (Phi) is 1.97. The Labute approximate surface area is 57.8 Å². The summed E-state index contributed by atoms with van der Waals surface area (Å²) in [6, 6.07) is -0.338. The van der Waals surface area contributed by atoms with Gasteiger partial charge < -0.3 is 5.11 Å². The number of carboxylic acid groups (broad SMARTS) is 1. The van der Waals surface area contributed by atoms with Crippen molar-refractivity contribution in [3.05, 3.63) is 0 Å². The lowest BCUT2D eigenvalue weighted by Gasteiger charge is -2.06. The van der Waals surface area contributed by atoms with E-state index in [0.717, 1.165) is 5.88 Å². The Hall–Kier alpha value is -0.220. The molecular formula is C5H9NO2S. The normalized spacial score (nSPS) is 34.8. The zero-order valence-electron chi connectivity index (χ0n) is 5.13. The average Bonchev–Trinajstić information content (AvgIpc) is 2.13. The van der Waals surface area contributed by atoms with Crippen molar-refractivity contribution < 1.29 is 9.90 Å². The molecule has 0 aromatic carbocycles. The van der Waals surface area contributed by atoms with E-state index in [4.69, 9.17) is 5.11 Å². The molecule has 0 amide bonds. The van der Waals surface area contributed by atoms with E-state index < -0.39 is 5.97 Å². The van der Waals surface area contributed by atoms with Gasteiger partial charge in [0.2, 0.25) is 0 Å². The van der Waals surface area contributed by atoms with Crippen LogP contribution in [0.3, 0.4) is 0 Å². The average molecular weight is 147 g/mol. The lowest BCUT2D eigenvalue weighted by Crippen LogP contribution is -2.36. The van der Waals surface area contributed by atoms with Crippen molar-refractivity contribution in [3.63, 3.8) is 0 Å². The fourth-order valence-corrected chi connectivity index (χ4v) is 1.76. The lowest BCUT2D eigenvalue weighted by molar-refractivity contribution is -0.139. The number of carbonyl (C=O) groups is 1. The predicted octanol–water partition coefficient (Wildman–Crippen LogP) is 0.122. The van der Waals surface area contributed by atoms with Crippen molar-refractivity contribution in [1.82, 2.24) is 5.32 Å². The first-order valence-electron chi connectivity index (χ1n) is 2.79. The third-order valence-corrected chi connectivity index (χ3v) is 2.52. The molecule has 9 heavy (non-hydrogen) atoms. The third-order valence-electron chi connectivity index (χ3n) is 1.38. The molecular weight excluding hydrogens is 138 g/mol. The molecule has 1 fully saturated rings. The number of rotatable bonds is 1. The molecule has 2 atom stereocenters. The largest absolute Gasteiger partial charge is 0.480 e. The van der Waals surface area contributed by atoms with Crippen LogP contribution in [0, 0.1) is 0 Å². The number of hydrogen-bond acceptors (Lipinski definition) is 3. The highest BCUT2D eigenvalue weighted by molar-refractivity contribution is 8.00. The van der Waals surface area contributed by atoms with Crippen LogP contribution in [0.5, 0.6) is 0 Å².